The van der Waals surface area contributed by atoms with Gasteiger partial charge in [-0.05, 0) is 18.1 Å². The van der Waals surface area contributed by atoms with Crippen molar-refractivity contribution in [3.05, 3.63) is 29.3 Å². The molecule has 6 heteroatoms. The maximum atomic E-state index is 12.3. The van der Waals surface area contributed by atoms with Crippen LogP contribution >= 0.6 is 0 Å². The minimum Gasteiger partial charge on any atom is -0.398 e. The zero-order valence-corrected chi connectivity index (χ0v) is 10.6. The van der Waals surface area contributed by atoms with Crippen LogP contribution in [0.3, 0.4) is 0 Å². The monoisotopic (exact) mass is 266 g/mol. The van der Waals surface area contributed by atoms with Crippen molar-refractivity contribution in [2.75, 3.05) is 17.2 Å². The number of benzene rings is 1. The van der Waals surface area contributed by atoms with Gasteiger partial charge in [-0.15, -0.1) is 0 Å². The average molecular weight is 266 g/mol. The van der Waals surface area contributed by atoms with Crippen LogP contribution in [0.5, 0.6) is 0 Å². The Bertz CT molecular complexity index is 624. The molecule has 1 saturated heterocycles. The molecule has 0 aromatic heterocycles. The summed E-state index contributed by atoms with van der Waals surface area (Å²) in [6.45, 7) is 0.472. The lowest BCUT2D eigenvalue weighted by molar-refractivity contribution is 0.0723. The summed E-state index contributed by atoms with van der Waals surface area (Å²) in [6, 6.07) is 5.18. The highest BCUT2D eigenvalue weighted by molar-refractivity contribution is 7.91. The molecule has 3 rings (SSSR count). The Balaban J connectivity index is 1.92. The smallest absolute Gasteiger partial charge is 0.256 e. The van der Waals surface area contributed by atoms with E-state index in [-0.39, 0.29) is 23.5 Å². The van der Waals surface area contributed by atoms with Crippen molar-refractivity contribution in [1.29, 1.82) is 0 Å². The molecule has 2 heterocycles. The number of nitrogens with zero attached hydrogens (tertiary/aromatic N) is 1. The highest BCUT2D eigenvalue weighted by Crippen LogP contribution is 2.31. The molecule has 1 amide bonds. The number of hydrogen-bond donors (Lipinski definition) is 1. The number of carbonyl (C=O) groups is 1. The highest BCUT2D eigenvalue weighted by Gasteiger charge is 2.39. The standard InChI is InChI=1S/C12H14N2O3S/c13-10-3-1-2-8-6-14(12(15)11(8)10)9-4-5-18(16,17)7-9/h1-3,9H,4-7,13H2. The number of sulfone groups is 1. The van der Waals surface area contributed by atoms with E-state index in [0.717, 1.165) is 5.56 Å². The number of nitrogens with two attached hydrogens (primary N) is 1. The summed E-state index contributed by atoms with van der Waals surface area (Å²) in [4.78, 5) is 13.9. The molecule has 2 aliphatic rings. The Labute approximate surface area is 105 Å². The van der Waals surface area contributed by atoms with Gasteiger partial charge in [0.1, 0.15) is 0 Å². The van der Waals surface area contributed by atoms with E-state index < -0.39 is 9.84 Å². The molecule has 1 aromatic rings. The summed E-state index contributed by atoms with van der Waals surface area (Å²) >= 11 is 0. The SMILES string of the molecule is Nc1cccc2c1C(=O)N(C1CCS(=O)(=O)C1)C2. The van der Waals surface area contributed by atoms with Gasteiger partial charge in [-0.1, -0.05) is 12.1 Å². The molecule has 1 aromatic carbocycles. The van der Waals surface area contributed by atoms with Crippen LogP contribution in [0.2, 0.25) is 0 Å². The third kappa shape index (κ3) is 1.68. The van der Waals surface area contributed by atoms with Crippen LogP contribution in [-0.4, -0.2) is 36.8 Å². The maximum absolute atomic E-state index is 12.3. The lowest BCUT2D eigenvalue weighted by Gasteiger charge is -2.22. The number of rotatable bonds is 1. The quantitative estimate of drug-likeness (QED) is 0.747. The van der Waals surface area contributed by atoms with Crippen LogP contribution < -0.4 is 5.73 Å². The maximum Gasteiger partial charge on any atom is 0.256 e. The summed E-state index contributed by atoms with van der Waals surface area (Å²) in [5.41, 5.74) is 7.72. The first-order valence-corrected chi connectivity index (χ1v) is 7.69. The molecular weight excluding hydrogens is 252 g/mol. The van der Waals surface area contributed by atoms with Gasteiger partial charge in [0, 0.05) is 18.3 Å². The van der Waals surface area contributed by atoms with Crippen LogP contribution in [0.15, 0.2) is 18.2 Å². The molecule has 0 aliphatic carbocycles. The lowest BCUT2D eigenvalue weighted by atomic mass is 10.1. The zero-order chi connectivity index (χ0) is 12.9. The van der Waals surface area contributed by atoms with Crippen LogP contribution in [0.25, 0.3) is 0 Å². The van der Waals surface area contributed by atoms with Gasteiger partial charge in [-0.2, -0.15) is 0 Å². The predicted octanol–water partition coefficient (Wildman–Crippen LogP) is 0.412. The van der Waals surface area contributed by atoms with Crippen LogP contribution in [0.4, 0.5) is 5.69 Å². The summed E-state index contributed by atoms with van der Waals surface area (Å²) in [5.74, 6) is 0.116. The first kappa shape index (κ1) is 11.5. The zero-order valence-electron chi connectivity index (χ0n) is 9.80. The number of fused-ring (bicyclic) bond motifs is 1. The highest BCUT2D eigenvalue weighted by atomic mass is 32.2. The van der Waals surface area contributed by atoms with Crippen molar-refractivity contribution in [2.24, 2.45) is 0 Å². The Hall–Kier alpha value is -1.56. The second-order valence-electron chi connectivity index (χ2n) is 4.87. The molecule has 2 aliphatic heterocycles. The van der Waals surface area contributed by atoms with E-state index in [1.807, 2.05) is 12.1 Å². The van der Waals surface area contributed by atoms with Crippen LogP contribution in [-0.2, 0) is 16.4 Å². The average Bonchev–Trinajstić information content (AvgIpc) is 2.81. The van der Waals surface area contributed by atoms with Gasteiger partial charge in [0.05, 0.1) is 17.1 Å². The van der Waals surface area contributed by atoms with Gasteiger partial charge in [-0.25, -0.2) is 8.42 Å². The fraction of sp³-hybridized carbons (Fsp3) is 0.417. The molecule has 1 atom stereocenters. The van der Waals surface area contributed by atoms with Gasteiger partial charge in [-0.3, -0.25) is 4.79 Å². The van der Waals surface area contributed by atoms with Gasteiger partial charge >= 0.3 is 0 Å². The van der Waals surface area contributed by atoms with Crippen molar-refractivity contribution in [1.82, 2.24) is 4.90 Å². The summed E-state index contributed by atoms with van der Waals surface area (Å²) < 4.78 is 23.0. The number of carbonyl (C=O) groups excluding carboxylic acids is 1. The molecule has 1 unspecified atom stereocenters. The van der Waals surface area contributed by atoms with E-state index in [9.17, 15) is 13.2 Å². The second kappa shape index (κ2) is 3.71. The largest absolute Gasteiger partial charge is 0.398 e. The van der Waals surface area contributed by atoms with E-state index in [2.05, 4.69) is 0 Å². The van der Waals surface area contributed by atoms with Crippen molar-refractivity contribution in [3.8, 4) is 0 Å². The van der Waals surface area contributed by atoms with Crippen LogP contribution in [0, 0.1) is 0 Å². The van der Waals surface area contributed by atoms with Crippen molar-refractivity contribution in [3.63, 3.8) is 0 Å². The summed E-state index contributed by atoms with van der Waals surface area (Å²) in [7, 11) is -2.98. The second-order valence-corrected chi connectivity index (χ2v) is 7.10. The molecule has 5 nitrogen and oxygen atoms in total. The number of hydrogen-bond acceptors (Lipinski definition) is 4. The van der Waals surface area contributed by atoms with E-state index in [1.54, 1.807) is 11.0 Å². The molecule has 0 spiro atoms. The minimum atomic E-state index is -2.98. The van der Waals surface area contributed by atoms with E-state index in [1.165, 1.54) is 0 Å². The Kier molecular flexibility index (Phi) is 2.38. The number of anilines is 1. The number of nitrogen functional groups attached to an aromatic ring is 1. The van der Waals surface area contributed by atoms with Gasteiger partial charge in [0.2, 0.25) is 0 Å². The van der Waals surface area contributed by atoms with E-state index in [0.29, 0.717) is 24.2 Å². The van der Waals surface area contributed by atoms with E-state index >= 15 is 0 Å². The molecular formula is C12H14N2O3S. The van der Waals surface area contributed by atoms with Crippen molar-refractivity contribution >= 4 is 21.4 Å². The normalized spacial score (nSPS) is 25.4. The first-order chi connectivity index (χ1) is 8.48. The topological polar surface area (TPSA) is 80.5 Å². The van der Waals surface area contributed by atoms with E-state index in [4.69, 9.17) is 5.73 Å². The molecule has 0 radical (unpaired) electrons. The Morgan fingerprint density at radius 3 is 2.72 bits per heavy atom. The summed E-state index contributed by atoms with van der Waals surface area (Å²) in [5, 5.41) is 0. The third-order valence-electron chi connectivity index (χ3n) is 3.65. The Morgan fingerprint density at radius 2 is 2.11 bits per heavy atom. The fourth-order valence-corrected chi connectivity index (χ4v) is 4.46. The molecule has 18 heavy (non-hydrogen) atoms. The minimum absolute atomic E-state index is 0.0760. The molecule has 96 valence electrons. The summed E-state index contributed by atoms with van der Waals surface area (Å²) in [6.07, 6.45) is 0.530. The van der Waals surface area contributed by atoms with Crippen LogP contribution in [0.1, 0.15) is 22.3 Å². The number of amides is 1. The predicted molar refractivity (Wildman–Crippen MR) is 67.8 cm³/mol. The molecule has 0 saturated carbocycles. The van der Waals surface area contributed by atoms with Gasteiger partial charge in [0.25, 0.3) is 5.91 Å². The molecule has 2 N–H and O–H groups in total. The molecule has 1 fully saturated rings. The third-order valence-corrected chi connectivity index (χ3v) is 5.40. The van der Waals surface area contributed by atoms with Gasteiger partial charge < -0.3 is 10.6 Å². The Morgan fingerprint density at radius 1 is 1.33 bits per heavy atom. The molecule has 0 bridgehead atoms. The van der Waals surface area contributed by atoms with Crippen molar-refractivity contribution < 1.29 is 13.2 Å². The first-order valence-electron chi connectivity index (χ1n) is 5.87. The lowest BCUT2D eigenvalue weighted by Crippen LogP contribution is -2.36. The van der Waals surface area contributed by atoms with Gasteiger partial charge in [0.15, 0.2) is 9.84 Å². The van der Waals surface area contributed by atoms with Crippen molar-refractivity contribution in [2.45, 2.75) is 19.0 Å². The fourth-order valence-electron chi connectivity index (χ4n) is 2.73.